The molecule has 148 valence electrons. The molecular formula is C17H14BrCl2N3O4S. The van der Waals surface area contributed by atoms with Gasteiger partial charge in [-0.3, -0.25) is 25.8 Å². The van der Waals surface area contributed by atoms with E-state index in [0.717, 1.165) is 4.47 Å². The van der Waals surface area contributed by atoms with Crippen LogP contribution in [0.2, 0.25) is 10.0 Å². The van der Waals surface area contributed by atoms with E-state index in [4.69, 9.17) is 44.9 Å². The summed E-state index contributed by atoms with van der Waals surface area (Å²) in [6, 6.07) is 11.5. The molecule has 0 bridgehead atoms. The molecule has 2 amide bonds. The van der Waals surface area contributed by atoms with Crippen LogP contribution in [-0.4, -0.2) is 30.1 Å². The molecule has 0 atom stereocenters. The van der Waals surface area contributed by atoms with Gasteiger partial charge in [-0.1, -0.05) is 39.1 Å². The van der Waals surface area contributed by atoms with Crippen LogP contribution < -0.4 is 25.6 Å². The minimum Gasteiger partial charge on any atom is -0.484 e. The van der Waals surface area contributed by atoms with Crippen molar-refractivity contribution in [3.63, 3.8) is 0 Å². The van der Waals surface area contributed by atoms with Gasteiger partial charge >= 0.3 is 0 Å². The second-order valence-corrected chi connectivity index (χ2v) is 7.32. The van der Waals surface area contributed by atoms with E-state index in [-0.39, 0.29) is 18.3 Å². The lowest BCUT2D eigenvalue weighted by atomic mass is 10.3. The first-order valence-electron chi connectivity index (χ1n) is 7.68. The molecule has 0 radical (unpaired) electrons. The fourth-order valence-electron chi connectivity index (χ4n) is 1.77. The summed E-state index contributed by atoms with van der Waals surface area (Å²) in [6.07, 6.45) is 0. The van der Waals surface area contributed by atoms with Gasteiger partial charge in [0.25, 0.3) is 11.8 Å². The summed E-state index contributed by atoms with van der Waals surface area (Å²) < 4.78 is 11.4. The van der Waals surface area contributed by atoms with E-state index in [1.165, 1.54) is 0 Å². The lowest BCUT2D eigenvalue weighted by Crippen LogP contribution is -2.50. The van der Waals surface area contributed by atoms with Crippen molar-refractivity contribution in [2.75, 3.05) is 13.2 Å². The number of ether oxygens (including phenoxy) is 2. The van der Waals surface area contributed by atoms with Crippen LogP contribution in [0.1, 0.15) is 0 Å². The van der Waals surface area contributed by atoms with Crippen LogP contribution in [0.5, 0.6) is 11.5 Å². The standard InChI is InChI=1S/C17H14BrCl2N3O4S/c18-10-1-6-14(13(20)7-10)27-9-16(25)22-23-17(28)21-15(24)8-26-12-4-2-11(19)3-5-12/h1-7H,8-9H2,(H,22,25)(H2,21,23,24,28). The summed E-state index contributed by atoms with van der Waals surface area (Å²) in [5, 5.41) is 3.18. The Bertz CT molecular complexity index is 868. The number of thiocarbonyl (C=S) groups is 1. The molecule has 0 fully saturated rings. The largest absolute Gasteiger partial charge is 0.484 e. The Kier molecular flexibility index (Phi) is 8.78. The van der Waals surface area contributed by atoms with Gasteiger partial charge in [0.05, 0.1) is 5.02 Å². The maximum Gasteiger partial charge on any atom is 0.276 e. The molecule has 0 unspecified atom stereocenters. The van der Waals surface area contributed by atoms with Crippen LogP contribution in [0.4, 0.5) is 0 Å². The molecule has 11 heteroatoms. The molecule has 0 aliphatic rings. The average Bonchev–Trinajstić information content (AvgIpc) is 2.65. The molecule has 0 aliphatic heterocycles. The number of halogens is 3. The zero-order valence-electron chi connectivity index (χ0n) is 14.1. The first kappa shape index (κ1) is 22.2. The van der Waals surface area contributed by atoms with Gasteiger partial charge in [0.2, 0.25) is 0 Å². The summed E-state index contributed by atoms with van der Waals surface area (Å²) in [5.41, 5.74) is 4.68. The first-order valence-corrected chi connectivity index (χ1v) is 9.64. The third-order valence-corrected chi connectivity index (χ3v) is 4.25. The SMILES string of the molecule is O=C(COc1ccc(Br)cc1Cl)NNC(=S)NC(=O)COc1ccc(Cl)cc1. The number of nitrogens with one attached hydrogen (secondary N) is 3. The van der Waals surface area contributed by atoms with Gasteiger partial charge in [-0.25, -0.2) is 0 Å². The van der Waals surface area contributed by atoms with Crippen molar-refractivity contribution >= 4 is 68.3 Å². The molecule has 0 saturated heterocycles. The molecular weight excluding hydrogens is 493 g/mol. The number of hydrazine groups is 1. The zero-order chi connectivity index (χ0) is 20.5. The van der Waals surface area contributed by atoms with E-state index in [2.05, 4.69) is 32.1 Å². The van der Waals surface area contributed by atoms with Crippen molar-refractivity contribution in [1.29, 1.82) is 0 Å². The Hall–Kier alpha value is -2.07. The smallest absolute Gasteiger partial charge is 0.276 e. The number of benzene rings is 2. The predicted molar refractivity (Wildman–Crippen MR) is 114 cm³/mol. The van der Waals surface area contributed by atoms with Crippen molar-refractivity contribution in [2.45, 2.75) is 0 Å². The lowest BCUT2D eigenvalue weighted by Gasteiger charge is -2.12. The van der Waals surface area contributed by atoms with E-state index in [1.54, 1.807) is 42.5 Å². The van der Waals surface area contributed by atoms with Crippen molar-refractivity contribution in [3.8, 4) is 11.5 Å². The van der Waals surface area contributed by atoms with Crippen molar-refractivity contribution < 1.29 is 19.1 Å². The van der Waals surface area contributed by atoms with Gasteiger partial charge in [-0.05, 0) is 54.7 Å². The first-order chi connectivity index (χ1) is 13.3. The summed E-state index contributed by atoms with van der Waals surface area (Å²) >= 11 is 19.9. The molecule has 28 heavy (non-hydrogen) atoms. The second kappa shape index (κ2) is 11.1. The highest BCUT2D eigenvalue weighted by atomic mass is 79.9. The normalized spacial score (nSPS) is 9.96. The maximum absolute atomic E-state index is 11.8. The summed E-state index contributed by atoms with van der Waals surface area (Å²) in [6.45, 7) is -0.562. The molecule has 2 aromatic rings. The summed E-state index contributed by atoms with van der Waals surface area (Å²) in [7, 11) is 0. The van der Waals surface area contributed by atoms with Gasteiger partial charge < -0.3 is 9.47 Å². The van der Waals surface area contributed by atoms with Crippen LogP contribution in [-0.2, 0) is 9.59 Å². The van der Waals surface area contributed by atoms with Gasteiger partial charge in [0.1, 0.15) is 11.5 Å². The Morgan fingerprint density at radius 3 is 2.32 bits per heavy atom. The van der Waals surface area contributed by atoms with Crippen LogP contribution in [0.25, 0.3) is 0 Å². The predicted octanol–water partition coefficient (Wildman–Crippen LogP) is 3.24. The van der Waals surface area contributed by atoms with Crippen molar-refractivity contribution in [3.05, 3.63) is 57.0 Å². The monoisotopic (exact) mass is 505 g/mol. The fraction of sp³-hybridized carbons (Fsp3) is 0.118. The lowest BCUT2D eigenvalue weighted by molar-refractivity contribution is -0.124. The average molecular weight is 507 g/mol. The third-order valence-electron chi connectivity index (χ3n) is 3.00. The Morgan fingerprint density at radius 2 is 1.64 bits per heavy atom. The summed E-state index contributed by atoms with van der Waals surface area (Å²) in [4.78, 5) is 23.5. The number of hydrogen-bond acceptors (Lipinski definition) is 5. The van der Waals surface area contributed by atoms with E-state index in [9.17, 15) is 9.59 Å². The number of amides is 2. The van der Waals surface area contributed by atoms with Gasteiger partial charge in [0, 0.05) is 9.50 Å². The van der Waals surface area contributed by atoms with Crippen molar-refractivity contribution in [2.24, 2.45) is 0 Å². The van der Waals surface area contributed by atoms with Gasteiger partial charge in [-0.2, -0.15) is 0 Å². The van der Waals surface area contributed by atoms with E-state index >= 15 is 0 Å². The minimum atomic E-state index is -0.520. The highest BCUT2D eigenvalue weighted by Gasteiger charge is 2.09. The molecule has 2 aromatic carbocycles. The topological polar surface area (TPSA) is 88.7 Å². The maximum atomic E-state index is 11.8. The zero-order valence-corrected chi connectivity index (χ0v) is 18.0. The molecule has 7 nitrogen and oxygen atoms in total. The van der Waals surface area contributed by atoms with Crippen LogP contribution in [0, 0.1) is 0 Å². The molecule has 3 N–H and O–H groups in total. The Morgan fingerprint density at radius 1 is 0.964 bits per heavy atom. The number of hydrogen-bond donors (Lipinski definition) is 3. The van der Waals surface area contributed by atoms with Crippen LogP contribution in [0.15, 0.2) is 46.9 Å². The highest BCUT2D eigenvalue weighted by molar-refractivity contribution is 9.10. The fourth-order valence-corrected chi connectivity index (χ4v) is 2.79. The minimum absolute atomic E-state index is 0.0975. The quantitative estimate of drug-likeness (QED) is 0.411. The van der Waals surface area contributed by atoms with E-state index in [0.29, 0.717) is 21.5 Å². The number of rotatable bonds is 6. The Labute approximate surface area is 184 Å². The van der Waals surface area contributed by atoms with Gasteiger partial charge in [-0.15, -0.1) is 0 Å². The van der Waals surface area contributed by atoms with E-state index < -0.39 is 11.8 Å². The number of carbonyl (C=O) groups excluding carboxylic acids is 2. The van der Waals surface area contributed by atoms with Crippen LogP contribution in [0.3, 0.4) is 0 Å². The molecule has 2 rings (SSSR count). The molecule has 0 heterocycles. The molecule has 0 aromatic heterocycles. The number of carbonyl (C=O) groups is 2. The van der Waals surface area contributed by atoms with Crippen LogP contribution >= 0.6 is 51.3 Å². The molecule has 0 saturated carbocycles. The second-order valence-electron chi connectivity index (χ2n) is 5.16. The molecule has 0 spiro atoms. The Balaban J connectivity index is 1.66. The van der Waals surface area contributed by atoms with Crippen molar-refractivity contribution in [1.82, 2.24) is 16.2 Å². The molecule has 0 aliphatic carbocycles. The third kappa shape index (κ3) is 7.89. The highest BCUT2D eigenvalue weighted by Crippen LogP contribution is 2.27. The van der Waals surface area contributed by atoms with Gasteiger partial charge in [0.15, 0.2) is 18.3 Å². The van der Waals surface area contributed by atoms with E-state index in [1.807, 2.05) is 0 Å². The summed E-state index contributed by atoms with van der Waals surface area (Å²) in [5.74, 6) is -0.182.